The third-order valence-electron chi connectivity index (χ3n) is 4.90. The average molecular weight is 443 g/mol. The summed E-state index contributed by atoms with van der Waals surface area (Å²) in [6, 6.07) is 12.6. The van der Waals surface area contributed by atoms with Gasteiger partial charge in [0, 0.05) is 18.2 Å². The Hall–Kier alpha value is -3.39. The number of hydrazine groups is 1. The van der Waals surface area contributed by atoms with Crippen LogP contribution in [0.2, 0.25) is 0 Å². The minimum absolute atomic E-state index is 0.284. The van der Waals surface area contributed by atoms with Crippen molar-refractivity contribution in [2.75, 3.05) is 20.8 Å². The summed E-state index contributed by atoms with van der Waals surface area (Å²) in [5, 5.41) is 0. The molecule has 8 nitrogen and oxygen atoms in total. The number of methoxy groups -OCH3 is 2. The molecular formula is C24H30N2O6. The van der Waals surface area contributed by atoms with Crippen LogP contribution in [0.15, 0.2) is 48.5 Å². The van der Waals surface area contributed by atoms with Gasteiger partial charge in [-0.1, -0.05) is 6.42 Å². The number of carbonyl (C=O) groups excluding carboxylic acids is 3. The molecule has 2 rings (SSSR count). The molecule has 2 amide bonds. The predicted molar refractivity (Wildman–Crippen MR) is 120 cm³/mol. The van der Waals surface area contributed by atoms with Crippen LogP contribution < -0.4 is 15.6 Å². The summed E-state index contributed by atoms with van der Waals surface area (Å²) in [5.74, 6) is -0.770. The second kappa shape index (κ2) is 13.1. The molecule has 1 atom stereocenters. The normalized spacial score (nSPS) is 11.3. The summed E-state index contributed by atoms with van der Waals surface area (Å²) in [5.41, 5.74) is 5.71. The lowest BCUT2D eigenvalue weighted by Crippen LogP contribution is -2.41. The monoisotopic (exact) mass is 442 g/mol. The maximum absolute atomic E-state index is 12.2. The molecule has 0 bridgehead atoms. The molecule has 2 aromatic rings. The molecule has 0 aliphatic rings. The number of hydrogen-bond acceptors (Lipinski definition) is 6. The zero-order chi connectivity index (χ0) is 23.3. The summed E-state index contributed by atoms with van der Waals surface area (Å²) < 4.78 is 15.5. The van der Waals surface area contributed by atoms with Crippen LogP contribution in [0, 0.1) is 0 Å². The van der Waals surface area contributed by atoms with Crippen molar-refractivity contribution < 1.29 is 28.6 Å². The molecule has 2 aromatic carbocycles. The van der Waals surface area contributed by atoms with E-state index in [9.17, 15) is 14.4 Å². The molecule has 2 N–H and O–H groups in total. The van der Waals surface area contributed by atoms with Crippen molar-refractivity contribution >= 4 is 17.8 Å². The van der Waals surface area contributed by atoms with Gasteiger partial charge in [-0.05, 0) is 74.7 Å². The summed E-state index contributed by atoms with van der Waals surface area (Å²) in [7, 11) is 3.00. The predicted octanol–water partition coefficient (Wildman–Crippen LogP) is 3.52. The molecule has 32 heavy (non-hydrogen) atoms. The van der Waals surface area contributed by atoms with Gasteiger partial charge in [0.25, 0.3) is 11.8 Å². The van der Waals surface area contributed by atoms with E-state index in [1.54, 1.807) is 31.4 Å². The molecule has 0 aliphatic heterocycles. The van der Waals surface area contributed by atoms with E-state index in [2.05, 4.69) is 22.5 Å². The minimum atomic E-state index is -0.505. The quantitative estimate of drug-likeness (QED) is 0.314. The van der Waals surface area contributed by atoms with Crippen LogP contribution >= 0.6 is 0 Å². The van der Waals surface area contributed by atoms with E-state index in [1.807, 2.05) is 0 Å². The highest BCUT2D eigenvalue weighted by atomic mass is 16.5. The Bertz CT molecular complexity index is 880. The highest BCUT2D eigenvalue weighted by molar-refractivity contribution is 5.99. The van der Waals surface area contributed by atoms with E-state index in [0.29, 0.717) is 29.0 Å². The third-order valence-corrected chi connectivity index (χ3v) is 4.90. The van der Waals surface area contributed by atoms with Crippen LogP contribution in [-0.4, -0.2) is 44.7 Å². The van der Waals surface area contributed by atoms with Gasteiger partial charge < -0.3 is 14.2 Å². The van der Waals surface area contributed by atoms with E-state index < -0.39 is 17.8 Å². The molecule has 0 heterocycles. The standard InChI is InChI=1S/C24H30N2O6/c1-17(30-2)7-5-4-6-16-32-21-14-12-19(13-15-21)23(28)26-25-22(27)18-8-10-20(11-9-18)24(29)31-3/h8-15,17H,4-7,16H2,1-3H3,(H,25,27)(H,26,28). The van der Waals surface area contributed by atoms with Crippen molar-refractivity contribution in [1.82, 2.24) is 10.9 Å². The van der Waals surface area contributed by atoms with Crippen LogP contribution in [-0.2, 0) is 9.47 Å². The molecule has 0 saturated heterocycles. The first-order valence-electron chi connectivity index (χ1n) is 10.5. The first kappa shape index (κ1) is 24.9. The van der Waals surface area contributed by atoms with Crippen LogP contribution in [0.4, 0.5) is 0 Å². The first-order chi connectivity index (χ1) is 15.4. The molecule has 0 aromatic heterocycles. The number of esters is 1. The van der Waals surface area contributed by atoms with E-state index >= 15 is 0 Å². The highest BCUT2D eigenvalue weighted by Gasteiger charge is 2.11. The van der Waals surface area contributed by atoms with E-state index in [-0.39, 0.29) is 6.10 Å². The molecule has 0 saturated carbocycles. The van der Waals surface area contributed by atoms with Crippen molar-refractivity contribution in [3.8, 4) is 5.75 Å². The zero-order valence-electron chi connectivity index (χ0n) is 18.7. The molecule has 8 heteroatoms. The minimum Gasteiger partial charge on any atom is -0.494 e. The first-order valence-corrected chi connectivity index (χ1v) is 10.5. The zero-order valence-corrected chi connectivity index (χ0v) is 18.7. The number of rotatable bonds is 11. The second-order valence-electron chi connectivity index (χ2n) is 7.25. The van der Waals surface area contributed by atoms with E-state index in [1.165, 1.54) is 31.4 Å². The molecule has 0 aliphatic carbocycles. The molecular weight excluding hydrogens is 412 g/mol. The third kappa shape index (κ3) is 8.03. The van der Waals surface area contributed by atoms with Crippen molar-refractivity contribution in [3.05, 3.63) is 65.2 Å². The number of unbranched alkanes of at least 4 members (excludes halogenated alkanes) is 2. The van der Waals surface area contributed by atoms with Gasteiger partial charge in [-0.25, -0.2) is 4.79 Å². The van der Waals surface area contributed by atoms with Crippen molar-refractivity contribution in [3.63, 3.8) is 0 Å². The summed E-state index contributed by atoms with van der Waals surface area (Å²) in [6.45, 7) is 2.67. The van der Waals surface area contributed by atoms with Crippen LogP contribution in [0.25, 0.3) is 0 Å². The Morgan fingerprint density at radius 2 is 1.31 bits per heavy atom. The van der Waals surface area contributed by atoms with E-state index in [4.69, 9.17) is 9.47 Å². The lowest BCUT2D eigenvalue weighted by molar-refractivity contribution is 0.0600. The number of benzene rings is 2. The fourth-order valence-corrected chi connectivity index (χ4v) is 2.85. The number of nitrogens with one attached hydrogen (secondary N) is 2. The van der Waals surface area contributed by atoms with Crippen LogP contribution in [0.1, 0.15) is 63.7 Å². The maximum Gasteiger partial charge on any atom is 0.337 e. The lowest BCUT2D eigenvalue weighted by atomic mass is 10.1. The van der Waals surface area contributed by atoms with E-state index in [0.717, 1.165) is 25.7 Å². The molecule has 172 valence electrons. The lowest BCUT2D eigenvalue weighted by Gasteiger charge is -2.10. The number of carbonyl (C=O) groups is 3. The molecule has 0 radical (unpaired) electrons. The van der Waals surface area contributed by atoms with Gasteiger partial charge in [0.1, 0.15) is 5.75 Å². The molecule has 1 unspecified atom stereocenters. The van der Waals surface area contributed by atoms with Gasteiger partial charge in [0.2, 0.25) is 0 Å². The van der Waals surface area contributed by atoms with Gasteiger partial charge in [0.05, 0.1) is 25.4 Å². The van der Waals surface area contributed by atoms with Gasteiger partial charge >= 0.3 is 5.97 Å². The topological polar surface area (TPSA) is 103 Å². The largest absolute Gasteiger partial charge is 0.494 e. The Morgan fingerprint density at radius 1 is 0.781 bits per heavy atom. The molecule has 0 fully saturated rings. The SMILES string of the molecule is COC(=O)c1ccc(C(=O)NNC(=O)c2ccc(OCCCCCC(C)OC)cc2)cc1. The van der Waals surface area contributed by atoms with Crippen molar-refractivity contribution in [1.29, 1.82) is 0 Å². The fourth-order valence-electron chi connectivity index (χ4n) is 2.85. The Balaban J connectivity index is 1.73. The smallest absolute Gasteiger partial charge is 0.337 e. The summed E-state index contributed by atoms with van der Waals surface area (Å²) in [4.78, 5) is 35.8. The fraction of sp³-hybridized carbons (Fsp3) is 0.375. The maximum atomic E-state index is 12.2. The number of amides is 2. The Labute approximate surface area is 188 Å². The summed E-state index contributed by atoms with van der Waals surface area (Å²) >= 11 is 0. The Morgan fingerprint density at radius 3 is 1.84 bits per heavy atom. The van der Waals surface area contributed by atoms with Gasteiger partial charge in [-0.15, -0.1) is 0 Å². The van der Waals surface area contributed by atoms with Crippen molar-refractivity contribution in [2.24, 2.45) is 0 Å². The van der Waals surface area contributed by atoms with Crippen molar-refractivity contribution in [2.45, 2.75) is 38.7 Å². The van der Waals surface area contributed by atoms with Crippen LogP contribution in [0.5, 0.6) is 5.75 Å². The average Bonchev–Trinajstić information content (AvgIpc) is 2.84. The highest BCUT2D eigenvalue weighted by Crippen LogP contribution is 2.13. The summed E-state index contributed by atoms with van der Waals surface area (Å²) in [6.07, 6.45) is 4.44. The van der Waals surface area contributed by atoms with Gasteiger partial charge in [-0.3, -0.25) is 20.4 Å². The Kier molecular flexibility index (Phi) is 10.2. The second-order valence-corrected chi connectivity index (χ2v) is 7.25. The van der Waals surface area contributed by atoms with Gasteiger partial charge in [0.15, 0.2) is 0 Å². The van der Waals surface area contributed by atoms with Gasteiger partial charge in [-0.2, -0.15) is 0 Å². The number of hydrogen-bond donors (Lipinski definition) is 2. The van der Waals surface area contributed by atoms with Crippen LogP contribution in [0.3, 0.4) is 0 Å². The number of ether oxygens (including phenoxy) is 3. The molecule has 0 spiro atoms.